The number of hydrogen-bond acceptors (Lipinski definition) is 9. The number of aliphatic imine (C=N–C) groups is 1. The van der Waals surface area contributed by atoms with Crippen molar-refractivity contribution >= 4 is 21.6 Å². The second-order valence-electron chi connectivity index (χ2n) is 10.5. The zero-order valence-electron chi connectivity index (χ0n) is 25.1. The Hall–Kier alpha value is -4.42. The van der Waals surface area contributed by atoms with Crippen LogP contribution in [0.4, 0.5) is 0 Å². The van der Waals surface area contributed by atoms with Gasteiger partial charge in [-0.25, -0.2) is 18.8 Å². The van der Waals surface area contributed by atoms with Crippen molar-refractivity contribution in [3.05, 3.63) is 106 Å². The fourth-order valence-electron chi connectivity index (χ4n) is 4.94. The normalized spacial score (nSPS) is 17.6. The predicted octanol–water partition coefficient (Wildman–Crippen LogP) is 4.80. The van der Waals surface area contributed by atoms with Crippen LogP contribution in [-0.4, -0.2) is 56.4 Å². The molecule has 1 aliphatic rings. The first kappa shape index (κ1) is 33.5. The summed E-state index contributed by atoms with van der Waals surface area (Å²) in [6, 6.07) is 22.1. The van der Waals surface area contributed by atoms with E-state index in [-0.39, 0.29) is 36.1 Å². The third-order valence-electron chi connectivity index (χ3n) is 7.38. The topological polar surface area (TPSA) is 175 Å². The van der Waals surface area contributed by atoms with E-state index in [2.05, 4.69) is 20.9 Å². The second-order valence-corrected chi connectivity index (χ2v) is 12.6. The lowest BCUT2D eigenvalue weighted by Crippen LogP contribution is -2.53. The molecular weight excluding hydrogens is 596 g/mol. The minimum absolute atomic E-state index is 0.00347. The average molecular weight is 635 g/mol. The summed E-state index contributed by atoms with van der Waals surface area (Å²) in [5.41, 5.74) is 14.7. The van der Waals surface area contributed by atoms with E-state index in [1.54, 1.807) is 66.7 Å². The van der Waals surface area contributed by atoms with Crippen molar-refractivity contribution in [1.82, 2.24) is 10.9 Å². The van der Waals surface area contributed by atoms with Crippen molar-refractivity contribution in [3.8, 4) is 5.75 Å². The van der Waals surface area contributed by atoms with Crippen molar-refractivity contribution in [1.29, 1.82) is 0 Å². The maximum absolute atomic E-state index is 14.2. The Bertz CT molecular complexity index is 1610. The monoisotopic (exact) mass is 634 g/mol. The molecule has 0 spiro atoms. The molecule has 0 saturated heterocycles. The van der Waals surface area contributed by atoms with Gasteiger partial charge in [-0.1, -0.05) is 60.9 Å². The van der Waals surface area contributed by atoms with E-state index in [0.717, 1.165) is 12.8 Å². The summed E-state index contributed by atoms with van der Waals surface area (Å²) in [6.45, 7) is 2.90. The SMILES string of the molecule is CCCCNNC(=O)[C@@]1(CCS(=O)(=O)c2ccccc2)N=C(c2ccc(OCCCO)cc2)O[C@H]1c1ccccc1CN=[N+]=[N-]. The molecule has 1 aliphatic heterocycles. The van der Waals surface area contributed by atoms with E-state index in [4.69, 9.17) is 25.1 Å². The fraction of sp³-hybridized carbons (Fsp3) is 0.375. The molecule has 1 amide bonds. The molecule has 4 rings (SSSR count). The lowest BCUT2D eigenvalue weighted by atomic mass is 9.83. The van der Waals surface area contributed by atoms with E-state index in [1.165, 1.54) is 12.1 Å². The van der Waals surface area contributed by atoms with Gasteiger partial charge >= 0.3 is 0 Å². The molecule has 45 heavy (non-hydrogen) atoms. The number of ether oxygens (including phenoxy) is 2. The number of nitrogens with one attached hydrogen (secondary N) is 2. The van der Waals surface area contributed by atoms with E-state index in [9.17, 15) is 13.2 Å². The number of amides is 1. The molecular formula is C32H38N6O6S. The van der Waals surface area contributed by atoms with Gasteiger partial charge in [-0.3, -0.25) is 10.2 Å². The Balaban J connectivity index is 1.80. The van der Waals surface area contributed by atoms with Crippen molar-refractivity contribution < 1.29 is 27.8 Å². The fourth-order valence-corrected chi connectivity index (χ4v) is 6.33. The molecule has 0 unspecified atom stereocenters. The molecule has 3 aromatic carbocycles. The molecule has 3 aromatic rings. The van der Waals surface area contributed by atoms with Gasteiger partial charge in [-0.15, -0.1) is 0 Å². The van der Waals surface area contributed by atoms with Crippen LogP contribution in [0.3, 0.4) is 0 Å². The van der Waals surface area contributed by atoms with Gasteiger partial charge in [0.15, 0.2) is 21.5 Å². The maximum Gasteiger partial charge on any atom is 0.266 e. The lowest BCUT2D eigenvalue weighted by Gasteiger charge is -2.31. The first-order chi connectivity index (χ1) is 21.8. The third kappa shape index (κ3) is 8.40. The van der Waals surface area contributed by atoms with Crippen LogP contribution in [0.5, 0.6) is 5.75 Å². The molecule has 3 N–H and O–H groups in total. The third-order valence-corrected chi connectivity index (χ3v) is 9.12. The molecule has 1 heterocycles. The van der Waals surface area contributed by atoms with Crippen LogP contribution < -0.4 is 15.6 Å². The van der Waals surface area contributed by atoms with Crippen molar-refractivity contribution in [2.75, 3.05) is 25.5 Å². The highest BCUT2D eigenvalue weighted by Crippen LogP contribution is 2.44. The highest BCUT2D eigenvalue weighted by Gasteiger charge is 2.54. The van der Waals surface area contributed by atoms with E-state index >= 15 is 0 Å². The summed E-state index contributed by atoms with van der Waals surface area (Å²) >= 11 is 0. The Labute approximate surface area is 263 Å². The van der Waals surface area contributed by atoms with Gasteiger partial charge in [0.2, 0.25) is 5.90 Å². The van der Waals surface area contributed by atoms with Gasteiger partial charge in [0.1, 0.15) is 5.75 Å². The number of aliphatic hydroxyl groups is 1. The molecule has 2 atom stereocenters. The summed E-state index contributed by atoms with van der Waals surface area (Å²) in [5.74, 6) is -0.197. The van der Waals surface area contributed by atoms with Gasteiger partial charge in [-0.05, 0) is 59.5 Å². The highest BCUT2D eigenvalue weighted by atomic mass is 32.2. The number of carbonyl (C=O) groups is 1. The first-order valence-corrected chi connectivity index (χ1v) is 16.5. The van der Waals surface area contributed by atoms with Crippen LogP contribution in [0.1, 0.15) is 55.4 Å². The number of nitrogens with zero attached hydrogens (tertiary/aromatic N) is 4. The molecule has 0 bridgehead atoms. The molecule has 12 nitrogen and oxygen atoms in total. The average Bonchev–Trinajstić information content (AvgIpc) is 3.46. The summed E-state index contributed by atoms with van der Waals surface area (Å²) in [5, 5.41) is 12.8. The zero-order chi connectivity index (χ0) is 32.1. The number of unbranched alkanes of at least 4 members (excludes halogenated alkanes) is 1. The molecule has 13 heteroatoms. The molecule has 0 aromatic heterocycles. The Morgan fingerprint density at radius 3 is 2.53 bits per heavy atom. The number of sulfone groups is 1. The van der Waals surface area contributed by atoms with Crippen molar-refractivity contribution in [2.24, 2.45) is 10.1 Å². The number of carbonyl (C=O) groups excluding carboxylic acids is 1. The van der Waals surface area contributed by atoms with E-state index < -0.39 is 27.4 Å². The van der Waals surface area contributed by atoms with Crippen molar-refractivity contribution in [3.63, 3.8) is 0 Å². The van der Waals surface area contributed by atoms with Crippen molar-refractivity contribution in [2.45, 2.75) is 55.7 Å². The van der Waals surface area contributed by atoms with E-state index in [1.807, 2.05) is 6.92 Å². The number of rotatable bonds is 17. The number of aliphatic hydroxyl groups excluding tert-OH is 1. The minimum atomic E-state index is -3.80. The number of benzene rings is 3. The highest BCUT2D eigenvalue weighted by molar-refractivity contribution is 7.91. The molecule has 238 valence electrons. The Morgan fingerprint density at radius 1 is 1.09 bits per heavy atom. The van der Waals surface area contributed by atoms with Crippen LogP contribution in [-0.2, 0) is 25.9 Å². The van der Waals surface area contributed by atoms with E-state index in [0.29, 0.717) is 42.0 Å². The van der Waals surface area contributed by atoms with Crippen LogP contribution in [0.2, 0.25) is 0 Å². The van der Waals surface area contributed by atoms with Gasteiger partial charge in [-0.2, -0.15) is 0 Å². The summed E-state index contributed by atoms with van der Waals surface area (Å²) in [6.07, 6.45) is 0.967. The number of azide groups is 1. The standard InChI is InChI=1S/C32H38N6O6S/c1-2-3-19-34-37-31(40)32(18-22-45(41,42)27-11-5-4-6-12-27)29(28-13-8-7-10-25(28)23-35-38-33)44-30(36-32)24-14-16-26(17-15-24)43-21-9-20-39/h4-8,10-17,29,34,39H,2-3,9,18-23H2,1H3,(H,37,40)/t29-,32-/m0/s1. The summed E-state index contributed by atoms with van der Waals surface area (Å²) in [7, 11) is -3.80. The zero-order valence-corrected chi connectivity index (χ0v) is 25.9. The first-order valence-electron chi connectivity index (χ1n) is 14.8. The second kappa shape index (κ2) is 16.1. The lowest BCUT2D eigenvalue weighted by molar-refractivity contribution is -0.130. The predicted molar refractivity (Wildman–Crippen MR) is 170 cm³/mol. The van der Waals surface area contributed by atoms with Crippen LogP contribution in [0.15, 0.2) is 93.9 Å². The molecule has 0 saturated carbocycles. The van der Waals surface area contributed by atoms with Gasteiger partial charge in [0.05, 0.1) is 23.8 Å². The van der Waals surface area contributed by atoms with Gasteiger partial charge in [0, 0.05) is 36.5 Å². The smallest absolute Gasteiger partial charge is 0.266 e. The Morgan fingerprint density at radius 2 is 1.82 bits per heavy atom. The molecule has 0 aliphatic carbocycles. The summed E-state index contributed by atoms with van der Waals surface area (Å²) in [4.78, 5) is 22.1. The van der Waals surface area contributed by atoms with Crippen LogP contribution in [0.25, 0.3) is 10.4 Å². The summed E-state index contributed by atoms with van der Waals surface area (Å²) < 4.78 is 39.1. The number of hydrazine groups is 1. The maximum atomic E-state index is 14.2. The van der Waals surface area contributed by atoms with Gasteiger partial charge in [0.25, 0.3) is 5.91 Å². The van der Waals surface area contributed by atoms with Crippen LogP contribution >= 0.6 is 0 Å². The Kier molecular flexibility index (Phi) is 11.9. The minimum Gasteiger partial charge on any atom is -0.494 e. The van der Waals surface area contributed by atoms with Gasteiger partial charge < -0.3 is 14.6 Å². The largest absolute Gasteiger partial charge is 0.494 e. The van der Waals surface area contributed by atoms with Crippen LogP contribution in [0, 0.1) is 0 Å². The quantitative estimate of drug-likeness (QED) is 0.0628. The molecule has 0 fully saturated rings. The molecule has 0 radical (unpaired) electrons. The number of hydrogen-bond donors (Lipinski definition) is 3.